The number of aliphatic imine (C=N–C) groups is 1. The van der Waals surface area contributed by atoms with E-state index in [4.69, 9.17) is 5.73 Å². The van der Waals surface area contributed by atoms with Gasteiger partial charge in [0.15, 0.2) is 0 Å². The number of aromatic nitrogens is 1. The van der Waals surface area contributed by atoms with Gasteiger partial charge in [-0.1, -0.05) is 29.8 Å². The Morgan fingerprint density at radius 1 is 1.04 bits per heavy atom. The van der Waals surface area contributed by atoms with Crippen LogP contribution in [0.2, 0.25) is 0 Å². The van der Waals surface area contributed by atoms with Gasteiger partial charge in [-0.15, -0.1) is 0 Å². The van der Waals surface area contributed by atoms with Crippen molar-refractivity contribution < 1.29 is 0 Å². The van der Waals surface area contributed by atoms with Gasteiger partial charge in [0.1, 0.15) is 5.82 Å². The van der Waals surface area contributed by atoms with E-state index in [1.165, 1.54) is 16.7 Å². The maximum Gasteiger partial charge on any atom is 0.210 e. The predicted octanol–water partition coefficient (Wildman–Crippen LogP) is 3.86. The third-order valence-corrected chi connectivity index (χ3v) is 4.82. The molecule has 4 N–H and O–H groups in total. The number of anilines is 1. The van der Waals surface area contributed by atoms with E-state index in [9.17, 15) is 0 Å². The molecule has 1 aliphatic heterocycles. The second-order valence-corrected chi connectivity index (χ2v) is 7.06. The SMILES string of the molecule is Cc1cc(C)c(NC2=CC=NC(N)(c3ccc4ncccc4c3)N2)c(C)c1. The molecule has 136 valence electrons. The molecule has 0 bridgehead atoms. The number of nitrogens with one attached hydrogen (secondary N) is 2. The number of nitrogens with two attached hydrogens (primary N) is 1. The van der Waals surface area contributed by atoms with E-state index in [1.807, 2.05) is 36.4 Å². The quantitative estimate of drug-likeness (QED) is 0.665. The van der Waals surface area contributed by atoms with E-state index in [2.05, 4.69) is 53.5 Å². The van der Waals surface area contributed by atoms with Crippen molar-refractivity contribution in [3.8, 4) is 0 Å². The Balaban J connectivity index is 1.63. The Morgan fingerprint density at radius 2 is 1.81 bits per heavy atom. The topological polar surface area (TPSA) is 75.3 Å². The third-order valence-electron chi connectivity index (χ3n) is 4.82. The lowest BCUT2D eigenvalue weighted by atomic mass is 10.0. The largest absolute Gasteiger partial charge is 0.342 e. The average molecular weight is 357 g/mol. The van der Waals surface area contributed by atoms with Crippen molar-refractivity contribution in [1.29, 1.82) is 0 Å². The summed E-state index contributed by atoms with van der Waals surface area (Å²) >= 11 is 0. The lowest BCUT2D eigenvalue weighted by Crippen LogP contribution is -2.51. The molecule has 5 nitrogen and oxygen atoms in total. The molecule has 0 fully saturated rings. The first-order valence-electron chi connectivity index (χ1n) is 8.97. The zero-order chi connectivity index (χ0) is 19.0. The van der Waals surface area contributed by atoms with Crippen molar-refractivity contribution in [2.45, 2.75) is 26.6 Å². The van der Waals surface area contributed by atoms with Gasteiger partial charge in [0.25, 0.3) is 0 Å². The molecular weight excluding hydrogens is 334 g/mol. The summed E-state index contributed by atoms with van der Waals surface area (Å²) in [6.45, 7) is 6.31. The van der Waals surface area contributed by atoms with E-state index < -0.39 is 5.79 Å². The molecule has 0 radical (unpaired) electrons. The van der Waals surface area contributed by atoms with Crippen LogP contribution < -0.4 is 16.4 Å². The minimum absolute atomic E-state index is 0.814. The fourth-order valence-electron chi connectivity index (χ4n) is 3.55. The first-order chi connectivity index (χ1) is 12.9. The highest BCUT2D eigenvalue weighted by molar-refractivity contribution is 5.80. The highest BCUT2D eigenvalue weighted by atomic mass is 15.3. The highest BCUT2D eigenvalue weighted by Crippen LogP contribution is 2.27. The van der Waals surface area contributed by atoms with Gasteiger partial charge in [0, 0.05) is 29.0 Å². The molecule has 2 heterocycles. The Labute approximate surface area is 159 Å². The summed E-state index contributed by atoms with van der Waals surface area (Å²) < 4.78 is 0. The molecule has 0 saturated carbocycles. The van der Waals surface area contributed by atoms with Crippen molar-refractivity contribution in [3.63, 3.8) is 0 Å². The molecule has 4 rings (SSSR count). The van der Waals surface area contributed by atoms with E-state index >= 15 is 0 Å². The van der Waals surface area contributed by atoms with Crippen molar-refractivity contribution in [2.75, 3.05) is 5.32 Å². The number of nitrogens with zero attached hydrogens (tertiary/aromatic N) is 2. The van der Waals surface area contributed by atoms with Gasteiger partial charge in [-0.25, -0.2) is 4.99 Å². The highest BCUT2D eigenvalue weighted by Gasteiger charge is 2.29. The molecule has 0 spiro atoms. The molecular formula is C22H23N5. The predicted molar refractivity (Wildman–Crippen MR) is 112 cm³/mol. The molecule has 1 atom stereocenters. The van der Waals surface area contributed by atoms with Crippen LogP contribution in [0, 0.1) is 20.8 Å². The molecule has 2 aromatic carbocycles. The van der Waals surface area contributed by atoms with Crippen LogP contribution in [0.15, 0.2) is 65.6 Å². The monoisotopic (exact) mass is 357 g/mol. The Hall–Kier alpha value is -3.18. The van der Waals surface area contributed by atoms with Crippen molar-refractivity contribution in [2.24, 2.45) is 10.7 Å². The maximum atomic E-state index is 6.61. The minimum Gasteiger partial charge on any atom is -0.342 e. The van der Waals surface area contributed by atoms with Gasteiger partial charge in [-0.2, -0.15) is 0 Å². The summed E-state index contributed by atoms with van der Waals surface area (Å²) in [7, 11) is 0. The van der Waals surface area contributed by atoms with E-state index in [0.29, 0.717) is 0 Å². The molecule has 1 unspecified atom stereocenters. The van der Waals surface area contributed by atoms with Crippen LogP contribution in [0.25, 0.3) is 10.9 Å². The number of allylic oxidation sites excluding steroid dienone is 1. The van der Waals surface area contributed by atoms with Gasteiger partial charge in [-0.3, -0.25) is 10.7 Å². The van der Waals surface area contributed by atoms with Gasteiger partial charge in [-0.05, 0) is 56.2 Å². The van der Waals surface area contributed by atoms with Gasteiger partial charge >= 0.3 is 0 Å². The van der Waals surface area contributed by atoms with Crippen LogP contribution in [-0.2, 0) is 5.79 Å². The Bertz CT molecular complexity index is 1060. The molecule has 5 heteroatoms. The number of hydrogen-bond acceptors (Lipinski definition) is 5. The number of aryl methyl sites for hydroxylation is 3. The zero-order valence-corrected chi connectivity index (χ0v) is 15.7. The standard InChI is InChI=1S/C22H23N5/c1-14-11-15(2)21(16(3)12-14)26-20-8-10-25-22(23,27-20)18-6-7-19-17(13-18)5-4-9-24-19/h4-13,26-27H,23H2,1-3H3. The number of hydrogen-bond donors (Lipinski definition) is 3. The number of rotatable bonds is 3. The number of fused-ring (bicyclic) bond motifs is 1. The van der Waals surface area contributed by atoms with Crippen LogP contribution in [0.3, 0.4) is 0 Å². The van der Waals surface area contributed by atoms with Crippen LogP contribution in [0.1, 0.15) is 22.3 Å². The first-order valence-corrected chi connectivity index (χ1v) is 8.97. The van der Waals surface area contributed by atoms with Crippen LogP contribution in [-0.4, -0.2) is 11.2 Å². The average Bonchev–Trinajstić information content (AvgIpc) is 2.64. The zero-order valence-electron chi connectivity index (χ0n) is 15.7. The van der Waals surface area contributed by atoms with E-state index in [0.717, 1.165) is 28.0 Å². The third kappa shape index (κ3) is 3.29. The molecule has 0 amide bonds. The van der Waals surface area contributed by atoms with Crippen molar-refractivity contribution in [1.82, 2.24) is 10.3 Å². The van der Waals surface area contributed by atoms with E-state index in [1.54, 1.807) is 12.4 Å². The summed E-state index contributed by atoms with van der Waals surface area (Å²) in [5, 5.41) is 7.84. The summed E-state index contributed by atoms with van der Waals surface area (Å²) in [6, 6.07) is 14.2. The lowest BCUT2D eigenvalue weighted by molar-refractivity contribution is 0.399. The van der Waals surface area contributed by atoms with Crippen LogP contribution in [0.5, 0.6) is 0 Å². The molecule has 0 aliphatic carbocycles. The van der Waals surface area contributed by atoms with Gasteiger partial charge in [0.2, 0.25) is 5.79 Å². The summed E-state index contributed by atoms with van der Waals surface area (Å²) in [4.78, 5) is 8.86. The van der Waals surface area contributed by atoms with Crippen LogP contribution >= 0.6 is 0 Å². The minimum atomic E-state index is -1.03. The van der Waals surface area contributed by atoms with Crippen LogP contribution in [0.4, 0.5) is 5.69 Å². The summed E-state index contributed by atoms with van der Waals surface area (Å²) in [5.41, 5.74) is 13.1. The Morgan fingerprint density at radius 3 is 2.59 bits per heavy atom. The summed E-state index contributed by atoms with van der Waals surface area (Å²) in [5.74, 6) is -0.220. The van der Waals surface area contributed by atoms with E-state index in [-0.39, 0.29) is 0 Å². The summed E-state index contributed by atoms with van der Waals surface area (Å²) in [6.07, 6.45) is 5.42. The smallest absolute Gasteiger partial charge is 0.210 e. The second kappa shape index (κ2) is 6.52. The normalized spacial score (nSPS) is 18.9. The first kappa shape index (κ1) is 17.2. The second-order valence-electron chi connectivity index (χ2n) is 7.06. The van der Waals surface area contributed by atoms with Crippen molar-refractivity contribution >= 4 is 22.8 Å². The fourth-order valence-corrected chi connectivity index (χ4v) is 3.55. The van der Waals surface area contributed by atoms with Gasteiger partial charge < -0.3 is 10.6 Å². The molecule has 3 aromatic rings. The molecule has 1 aromatic heterocycles. The molecule has 27 heavy (non-hydrogen) atoms. The Kier molecular flexibility index (Phi) is 4.16. The number of pyridine rings is 1. The van der Waals surface area contributed by atoms with Gasteiger partial charge in [0.05, 0.1) is 5.52 Å². The number of benzene rings is 2. The van der Waals surface area contributed by atoms with Crippen molar-refractivity contribution in [3.05, 3.63) is 82.8 Å². The molecule has 0 saturated heterocycles. The lowest BCUT2D eigenvalue weighted by Gasteiger charge is -2.32. The fraction of sp³-hybridized carbons (Fsp3) is 0.182. The maximum absolute atomic E-state index is 6.61. The molecule has 1 aliphatic rings.